The van der Waals surface area contributed by atoms with Crippen LogP contribution in [0.2, 0.25) is 5.02 Å². The van der Waals surface area contributed by atoms with Crippen LogP contribution < -0.4 is 5.32 Å². The van der Waals surface area contributed by atoms with Crippen molar-refractivity contribution in [2.24, 2.45) is 7.05 Å². The number of halogens is 5. The van der Waals surface area contributed by atoms with Gasteiger partial charge in [-0.25, -0.2) is 26.0 Å². The number of nitrogens with zero attached hydrogens (tertiary/aromatic N) is 5. The Morgan fingerprint density at radius 2 is 1.72 bits per heavy atom. The SMILES string of the molecule is Cn1cc(S(=O)(=O)N2CCN(C3(CNC(=O)c4cc(F)c(Cl)cc4F)CCC(F)(F)CC3)CC2)nn1. The van der Waals surface area contributed by atoms with Gasteiger partial charge in [-0.3, -0.25) is 14.4 Å². The molecule has 1 aliphatic carbocycles. The van der Waals surface area contributed by atoms with Crippen molar-refractivity contribution < 1.29 is 30.8 Å². The first kappa shape index (κ1) is 26.8. The highest BCUT2D eigenvalue weighted by molar-refractivity contribution is 7.89. The van der Waals surface area contributed by atoms with Gasteiger partial charge < -0.3 is 5.32 Å². The first-order valence-electron chi connectivity index (χ1n) is 11.3. The first-order valence-corrected chi connectivity index (χ1v) is 13.1. The number of aromatic nitrogens is 3. The van der Waals surface area contributed by atoms with E-state index in [0.717, 1.165) is 0 Å². The fraction of sp³-hybridized carbons (Fsp3) is 0.571. The molecule has 4 rings (SSSR count). The van der Waals surface area contributed by atoms with E-state index in [-0.39, 0.29) is 50.6 Å². The van der Waals surface area contributed by atoms with Crippen molar-refractivity contribution in [1.29, 1.82) is 0 Å². The molecule has 1 aromatic heterocycles. The van der Waals surface area contributed by atoms with Crippen LogP contribution in [0, 0.1) is 11.6 Å². The molecule has 1 aliphatic heterocycles. The molecule has 1 amide bonds. The van der Waals surface area contributed by atoms with Crippen LogP contribution >= 0.6 is 11.6 Å². The monoisotopic (exact) mass is 552 g/mol. The highest BCUT2D eigenvalue weighted by Crippen LogP contribution is 2.42. The number of alkyl halides is 2. The molecule has 2 aromatic rings. The van der Waals surface area contributed by atoms with Crippen LogP contribution in [-0.4, -0.2) is 82.7 Å². The van der Waals surface area contributed by atoms with Crippen molar-refractivity contribution in [3.05, 3.63) is 40.6 Å². The highest BCUT2D eigenvalue weighted by Gasteiger charge is 2.48. The van der Waals surface area contributed by atoms with Gasteiger partial charge in [0.1, 0.15) is 11.6 Å². The summed E-state index contributed by atoms with van der Waals surface area (Å²) in [5, 5.41) is 9.24. The molecule has 1 saturated heterocycles. The zero-order valence-corrected chi connectivity index (χ0v) is 20.9. The van der Waals surface area contributed by atoms with E-state index in [0.29, 0.717) is 12.1 Å². The molecule has 0 radical (unpaired) electrons. The Morgan fingerprint density at radius 1 is 1.08 bits per heavy atom. The molecule has 9 nitrogen and oxygen atoms in total. The summed E-state index contributed by atoms with van der Waals surface area (Å²) in [6, 6.07) is 1.38. The lowest BCUT2D eigenvalue weighted by atomic mass is 9.78. The Labute approximate surface area is 210 Å². The molecule has 1 aromatic carbocycles. The summed E-state index contributed by atoms with van der Waals surface area (Å²) >= 11 is 5.54. The Hall–Kier alpha value is -2.29. The number of piperazine rings is 1. The van der Waals surface area contributed by atoms with Gasteiger partial charge in [0, 0.05) is 58.2 Å². The van der Waals surface area contributed by atoms with Gasteiger partial charge in [0.15, 0.2) is 0 Å². The van der Waals surface area contributed by atoms with Gasteiger partial charge in [0.2, 0.25) is 10.9 Å². The van der Waals surface area contributed by atoms with E-state index in [2.05, 4.69) is 15.6 Å². The topological polar surface area (TPSA) is 100 Å². The number of hydrogen-bond donors (Lipinski definition) is 1. The lowest BCUT2D eigenvalue weighted by Gasteiger charge is -2.50. The third-order valence-corrected chi connectivity index (χ3v) is 8.89. The normalized spacial score (nSPS) is 20.8. The molecule has 1 saturated carbocycles. The fourth-order valence-corrected chi connectivity index (χ4v) is 6.19. The minimum absolute atomic E-state index is 0.0364. The predicted octanol–water partition coefficient (Wildman–Crippen LogP) is 2.43. The van der Waals surface area contributed by atoms with Crippen molar-refractivity contribution in [3.8, 4) is 0 Å². The van der Waals surface area contributed by atoms with Gasteiger partial charge in [0.25, 0.3) is 15.9 Å². The van der Waals surface area contributed by atoms with E-state index in [1.807, 2.05) is 4.90 Å². The van der Waals surface area contributed by atoms with E-state index in [1.54, 1.807) is 7.05 Å². The van der Waals surface area contributed by atoms with Crippen molar-refractivity contribution in [3.63, 3.8) is 0 Å². The summed E-state index contributed by atoms with van der Waals surface area (Å²) < 4.78 is 84.3. The largest absolute Gasteiger partial charge is 0.350 e. The van der Waals surface area contributed by atoms with Crippen molar-refractivity contribution in [1.82, 2.24) is 29.5 Å². The number of rotatable bonds is 6. The highest BCUT2D eigenvalue weighted by atomic mass is 35.5. The summed E-state index contributed by atoms with van der Waals surface area (Å²) in [4.78, 5) is 14.5. The maximum absolute atomic E-state index is 14.2. The quantitative estimate of drug-likeness (QED) is 0.436. The van der Waals surface area contributed by atoms with Gasteiger partial charge in [-0.15, -0.1) is 5.10 Å². The van der Waals surface area contributed by atoms with Crippen LogP contribution in [-0.2, 0) is 17.1 Å². The van der Waals surface area contributed by atoms with Crippen LogP contribution in [0.1, 0.15) is 36.0 Å². The first-order chi connectivity index (χ1) is 16.8. The molecule has 2 heterocycles. The van der Waals surface area contributed by atoms with E-state index < -0.39 is 62.5 Å². The molecule has 15 heteroatoms. The average Bonchev–Trinajstić information content (AvgIpc) is 3.28. The maximum Gasteiger partial charge on any atom is 0.264 e. The van der Waals surface area contributed by atoms with Gasteiger partial charge in [0.05, 0.1) is 16.8 Å². The van der Waals surface area contributed by atoms with Crippen LogP contribution in [0.25, 0.3) is 0 Å². The minimum atomic E-state index is -3.87. The van der Waals surface area contributed by atoms with Crippen LogP contribution in [0.3, 0.4) is 0 Å². The van der Waals surface area contributed by atoms with Crippen molar-refractivity contribution in [2.45, 2.75) is 42.2 Å². The number of carbonyl (C=O) groups is 1. The molecule has 1 N–H and O–H groups in total. The van der Waals surface area contributed by atoms with Crippen molar-refractivity contribution >= 4 is 27.5 Å². The second-order valence-corrected chi connectivity index (χ2v) is 11.4. The molecule has 0 atom stereocenters. The second-order valence-electron chi connectivity index (χ2n) is 9.13. The Morgan fingerprint density at radius 3 is 2.31 bits per heavy atom. The van der Waals surface area contributed by atoms with Crippen LogP contribution in [0.5, 0.6) is 0 Å². The van der Waals surface area contributed by atoms with E-state index in [1.165, 1.54) is 15.2 Å². The van der Waals surface area contributed by atoms with E-state index in [9.17, 15) is 30.8 Å². The molecule has 0 spiro atoms. The third-order valence-electron chi connectivity index (χ3n) is 6.84. The Bertz CT molecular complexity index is 1240. The minimum Gasteiger partial charge on any atom is -0.350 e. The summed E-state index contributed by atoms with van der Waals surface area (Å²) in [5.74, 6) is -5.72. The van der Waals surface area contributed by atoms with Gasteiger partial charge in [-0.05, 0) is 25.0 Å². The number of benzene rings is 1. The third kappa shape index (κ3) is 5.36. The van der Waals surface area contributed by atoms with E-state index in [4.69, 9.17) is 11.6 Å². The van der Waals surface area contributed by atoms with Crippen molar-refractivity contribution in [2.75, 3.05) is 32.7 Å². The predicted molar refractivity (Wildman–Crippen MR) is 121 cm³/mol. The molecular formula is C21H25ClF4N6O3S. The molecule has 2 fully saturated rings. The zero-order chi connectivity index (χ0) is 26.3. The molecular weight excluding hydrogens is 528 g/mol. The van der Waals surface area contributed by atoms with Crippen LogP contribution in [0.4, 0.5) is 17.6 Å². The van der Waals surface area contributed by atoms with Gasteiger partial charge in [-0.2, -0.15) is 4.31 Å². The number of nitrogens with one attached hydrogen (secondary N) is 1. The fourth-order valence-electron chi connectivity index (χ4n) is 4.70. The Balaban J connectivity index is 1.49. The molecule has 198 valence electrons. The number of sulfonamides is 1. The smallest absolute Gasteiger partial charge is 0.264 e. The summed E-state index contributed by atoms with van der Waals surface area (Å²) in [7, 11) is -2.33. The van der Waals surface area contributed by atoms with Crippen LogP contribution in [0.15, 0.2) is 23.4 Å². The lowest BCUT2D eigenvalue weighted by Crippen LogP contribution is -2.63. The molecule has 36 heavy (non-hydrogen) atoms. The zero-order valence-electron chi connectivity index (χ0n) is 19.4. The standard InChI is InChI=1S/C21H25ClF4N6O3S/c1-30-12-18(28-29-30)36(34,35)32-8-6-31(7-9-32)20(2-4-21(25,26)5-3-20)13-27-19(33)14-10-17(24)15(22)11-16(14)23/h10-12H,2-9,13H2,1H3,(H,27,33). The number of hydrogen-bond acceptors (Lipinski definition) is 6. The number of aryl methyl sites for hydroxylation is 1. The van der Waals surface area contributed by atoms with Gasteiger partial charge >= 0.3 is 0 Å². The lowest BCUT2D eigenvalue weighted by molar-refractivity contribution is -0.0856. The summed E-state index contributed by atoms with van der Waals surface area (Å²) in [5.41, 5.74) is -1.45. The number of amides is 1. The molecule has 0 bridgehead atoms. The average molecular weight is 553 g/mol. The molecule has 0 unspecified atom stereocenters. The van der Waals surface area contributed by atoms with E-state index >= 15 is 0 Å². The second kappa shape index (κ2) is 9.88. The number of carbonyl (C=O) groups excluding carboxylic acids is 1. The summed E-state index contributed by atoms with van der Waals surface area (Å²) in [6.07, 6.45) is 0.541. The van der Waals surface area contributed by atoms with Gasteiger partial charge in [-0.1, -0.05) is 16.8 Å². The summed E-state index contributed by atoms with van der Waals surface area (Å²) in [6.45, 7) is 0.530. The Kier molecular flexibility index (Phi) is 7.34. The maximum atomic E-state index is 14.2. The molecule has 2 aliphatic rings.